The highest BCUT2D eigenvalue weighted by molar-refractivity contribution is 4.78. The molecule has 0 N–H and O–H groups in total. The highest BCUT2D eigenvalue weighted by Crippen LogP contribution is 2.10. The van der Waals surface area contributed by atoms with Crippen LogP contribution in [-0.2, 0) is 4.74 Å². The van der Waals surface area contributed by atoms with Crippen LogP contribution in [0.2, 0.25) is 0 Å². The fourth-order valence-corrected chi connectivity index (χ4v) is 2.50. The molecule has 0 saturated heterocycles. The number of ether oxygens (including phenoxy) is 1. The molecule has 0 amide bonds. The summed E-state index contributed by atoms with van der Waals surface area (Å²) in [6.45, 7) is 9.40. The van der Waals surface area contributed by atoms with Gasteiger partial charge in [-0.25, -0.2) is 0 Å². The zero-order chi connectivity index (χ0) is 16.1. The van der Waals surface area contributed by atoms with E-state index in [1.807, 2.05) is 12.2 Å². The Balaban J connectivity index is 3.62. The summed E-state index contributed by atoms with van der Waals surface area (Å²) in [6, 6.07) is 1.19. The van der Waals surface area contributed by atoms with Crippen LogP contribution in [0.1, 0.15) is 38.5 Å². The normalized spacial score (nSPS) is 14.4. The van der Waals surface area contributed by atoms with Gasteiger partial charge in [0.05, 0.1) is 0 Å². The minimum absolute atomic E-state index is 0.594. The number of rotatable bonds is 14. The van der Waals surface area contributed by atoms with Crippen LogP contribution in [0.25, 0.3) is 0 Å². The van der Waals surface area contributed by atoms with E-state index in [0.29, 0.717) is 12.1 Å². The minimum atomic E-state index is 0.594. The summed E-state index contributed by atoms with van der Waals surface area (Å²) in [5, 5.41) is 0. The van der Waals surface area contributed by atoms with Gasteiger partial charge in [-0.2, -0.15) is 0 Å². The summed E-state index contributed by atoms with van der Waals surface area (Å²) in [5.74, 6) is 0. The Labute approximate surface area is 132 Å². The van der Waals surface area contributed by atoms with Crippen molar-refractivity contribution in [3.63, 3.8) is 0 Å². The van der Waals surface area contributed by atoms with Crippen molar-refractivity contribution in [2.24, 2.45) is 0 Å². The van der Waals surface area contributed by atoms with Crippen LogP contribution >= 0.6 is 0 Å². The summed E-state index contributed by atoms with van der Waals surface area (Å²) in [4.78, 5) is 4.55. The number of nitrogens with zero attached hydrogens (tertiary/aromatic N) is 2. The van der Waals surface area contributed by atoms with Crippen molar-refractivity contribution in [2.75, 3.05) is 41.4 Å². The van der Waals surface area contributed by atoms with E-state index < -0.39 is 0 Å². The average Bonchev–Trinajstić information content (AvgIpc) is 2.43. The minimum Gasteiger partial charge on any atom is -0.381 e. The molecule has 2 unspecified atom stereocenters. The largest absolute Gasteiger partial charge is 0.381 e. The molecule has 0 rings (SSSR count). The van der Waals surface area contributed by atoms with Crippen molar-refractivity contribution in [1.82, 2.24) is 9.80 Å². The fourth-order valence-electron chi connectivity index (χ4n) is 2.50. The summed E-state index contributed by atoms with van der Waals surface area (Å²) in [6.07, 6.45) is 10.7. The first-order valence-corrected chi connectivity index (χ1v) is 8.15. The molecule has 0 aromatic heterocycles. The Kier molecular flexibility index (Phi) is 12.7. The molecule has 0 saturated carbocycles. The maximum Gasteiger partial charge on any atom is 0.0466 e. The predicted octanol–water partition coefficient (Wildman–Crippen LogP) is 3.58. The van der Waals surface area contributed by atoms with E-state index in [0.717, 1.165) is 38.9 Å². The highest BCUT2D eigenvalue weighted by Gasteiger charge is 2.10. The second-order valence-corrected chi connectivity index (χ2v) is 6.18. The van der Waals surface area contributed by atoms with Gasteiger partial charge in [-0.15, -0.1) is 13.2 Å². The van der Waals surface area contributed by atoms with E-state index in [4.69, 9.17) is 4.74 Å². The first-order valence-electron chi connectivity index (χ1n) is 8.15. The maximum absolute atomic E-state index is 5.76. The molecule has 124 valence electrons. The topological polar surface area (TPSA) is 15.7 Å². The Morgan fingerprint density at radius 2 is 1.19 bits per heavy atom. The van der Waals surface area contributed by atoms with E-state index in [9.17, 15) is 0 Å². The molecule has 2 atom stereocenters. The predicted molar refractivity (Wildman–Crippen MR) is 93.9 cm³/mol. The second kappa shape index (κ2) is 13.1. The van der Waals surface area contributed by atoms with Crippen molar-refractivity contribution < 1.29 is 4.74 Å². The molecule has 0 radical (unpaired) electrons. The van der Waals surface area contributed by atoms with Gasteiger partial charge in [0, 0.05) is 25.3 Å². The average molecular weight is 296 g/mol. The van der Waals surface area contributed by atoms with Crippen molar-refractivity contribution in [1.29, 1.82) is 0 Å². The Hall–Kier alpha value is -0.640. The van der Waals surface area contributed by atoms with Crippen LogP contribution in [-0.4, -0.2) is 63.3 Å². The van der Waals surface area contributed by atoms with Gasteiger partial charge in [0.1, 0.15) is 0 Å². The summed E-state index contributed by atoms with van der Waals surface area (Å²) in [7, 11) is 8.54. The number of hydrogen-bond acceptors (Lipinski definition) is 3. The quantitative estimate of drug-likeness (QED) is 0.360. The molecule has 3 heteroatoms. The van der Waals surface area contributed by atoms with E-state index >= 15 is 0 Å². The molecule has 0 bridgehead atoms. The van der Waals surface area contributed by atoms with Crippen molar-refractivity contribution in [3.05, 3.63) is 25.3 Å². The van der Waals surface area contributed by atoms with Crippen molar-refractivity contribution >= 4 is 0 Å². The lowest BCUT2D eigenvalue weighted by atomic mass is 10.1. The van der Waals surface area contributed by atoms with E-state index in [1.165, 1.54) is 12.8 Å². The van der Waals surface area contributed by atoms with Gasteiger partial charge in [0.15, 0.2) is 0 Å². The van der Waals surface area contributed by atoms with Gasteiger partial charge in [-0.05, 0) is 66.7 Å². The third-order valence-electron chi connectivity index (χ3n) is 3.99. The third-order valence-corrected chi connectivity index (χ3v) is 3.99. The monoisotopic (exact) mass is 296 g/mol. The third kappa shape index (κ3) is 10.7. The van der Waals surface area contributed by atoms with E-state index in [1.54, 1.807) is 0 Å². The van der Waals surface area contributed by atoms with Gasteiger partial charge in [-0.3, -0.25) is 0 Å². The molecule has 0 aliphatic carbocycles. The van der Waals surface area contributed by atoms with Crippen LogP contribution in [0.5, 0.6) is 0 Å². The highest BCUT2D eigenvalue weighted by atomic mass is 16.5. The molecule has 3 nitrogen and oxygen atoms in total. The fraction of sp³-hybridized carbons (Fsp3) is 0.778. The van der Waals surface area contributed by atoms with Gasteiger partial charge in [-0.1, -0.05) is 12.2 Å². The molecular formula is C18H36N2O. The summed E-state index contributed by atoms with van der Waals surface area (Å²) >= 11 is 0. The molecular weight excluding hydrogens is 260 g/mol. The van der Waals surface area contributed by atoms with Gasteiger partial charge >= 0.3 is 0 Å². The lowest BCUT2D eigenvalue weighted by molar-refractivity contribution is 0.114. The van der Waals surface area contributed by atoms with Crippen LogP contribution in [0, 0.1) is 0 Å². The first kappa shape index (κ1) is 20.4. The van der Waals surface area contributed by atoms with Crippen LogP contribution in [0.4, 0.5) is 0 Å². The Morgan fingerprint density at radius 3 is 1.48 bits per heavy atom. The maximum atomic E-state index is 5.76. The summed E-state index contributed by atoms with van der Waals surface area (Å²) < 4.78 is 5.76. The molecule has 0 spiro atoms. The van der Waals surface area contributed by atoms with Crippen molar-refractivity contribution in [3.8, 4) is 0 Å². The smallest absolute Gasteiger partial charge is 0.0466 e. The first-order chi connectivity index (χ1) is 10.0. The van der Waals surface area contributed by atoms with Gasteiger partial charge in [0.2, 0.25) is 0 Å². The standard InChI is InChI=1S/C18H36N2O/c1-7-11-17(19(3)4)13-9-15-21-16-10-14-18(12-8-2)20(5)6/h7-8,17-18H,1-2,9-16H2,3-6H3. The van der Waals surface area contributed by atoms with E-state index in [-0.39, 0.29) is 0 Å². The zero-order valence-corrected chi connectivity index (χ0v) is 14.7. The van der Waals surface area contributed by atoms with Gasteiger partial charge < -0.3 is 14.5 Å². The molecule has 0 aliphatic rings. The van der Waals surface area contributed by atoms with E-state index in [2.05, 4.69) is 51.1 Å². The molecule has 21 heavy (non-hydrogen) atoms. The molecule has 0 aliphatic heterocycles. The lowest BCUT2D eigenvalue weighted by Gasteiger charge is -2.23. The van der Waals surface area contributed by atoms with Crippen LogP contribution in [0.3, 0.4) is 0 Å². The van der Waals surface area contributed by atoms with Crippen LogP contribution in [0.15, 0.2) is 25.3 Å². The Bertz CT molecular complexity index is 238. The molecule has 0 heterocycles. The number of hydrogen-bond donors (Lipinski definition) is 0. The second-order valence-electron chi connectivity index (χ2n) is 6.18. The molecule has 0 aromatic carbocycles. The molecule has 0 fully saturated rings. The Morgan fingerprint density at radius 1 is 0.810 bits per heavy atom. The lowest BCUT2D eigenvalue weighted by Crippen LogP contribution is -2.28. The van der Waals surface area contributed by atoms with Crippen LogP contribution < -0.4 is 0 Å². The summed E-state index contributed by atoms with van der Waals surface area (Å²) in [5.41, 5.74) is 0. The van der Waals surface area contributed by atoms with Gasteiger partial charge in [0.25, 0.3) is 0 Å². The van der Waals surface area contributed by atoms with Crippen molar-refractivity contribution in [2.45, 2.75) is 50.6 Å². The molecule has 0 aromatic rings. The SMILES string of the molecule is C=CCC(CCCOCCCC(CC=C)N(C)C)N(C)C. The zero-order valence-electron chi connectivity index (χ0n) is 14.7.